The third kappa shape index (κ3) is 5.50. The van der Waals surface area contributed by atoms with E-state index < -0.39 is 0 Å². The van der Waals surface area contributed by atoms with Crippen LogP contribution in [0.15, 0.2) is 48.5 Å². The number of nitrogens with one attached hydrogen (secondary N) is 1. The standard InChI is InChI=1S/C23H28N2O4/c1-3-17-7-4-5-10-21(17)29-16-22(26)24-19-11-13-25(14-12-19)23(27)18-8-6-9-20(15-18)28-2/h4-10,15,19H,3,11-14,16H2,1-2H3,(H,24,26). The highest BCUT2D eigenvalue weighted by atomic mass is 16.5. The van der Waals surface area contributed by atoms with Crippen molar-refractivity contribution in [1.29, 1.82) is 0 Å². The Bertz CT molecular complexity index is 844. The van der Waals surface area contributed by atoms with Gasteiger partial charge in [0.05, 0.1) is 7.11 Å². The zero-order valence-corrected chi connectivity index (χ0v) is 17.0. The van der Waals surface area contributed by atoms with Crippen LogP contribution >= 0.6 is 0 Å². The van der Waals surface area contributed by atoms with Crippen LogP contribution in [0, 0.1) is 0 Å². The highest BCUT2D eigenvalue weighted by Crippen LogP contribution is 2.19. The maximum absolute atomic E-state index is 12.7. The Labute approximate surface area is 171 Å². The number of methoxy groups -OCH3 is 1. The van der Waals surface area contributed by atoms with Crippen molar-refractivity contribution >= 4 is 11.8 Å². The SMILES string of the molecule is CCc1ccccc1OCC(=O)NC1CCN(C(=O)c2cccc(OC)c2)CC1. The third-order valence-corrected chi connectivity index (χ3v) is 5.18. The molecule has 2 aromatic carbocycles. The number of likely N-dealkylation sites (tertiary alicyclic amines) is 1. The Balaban J connectivity index is 1.45. The number of aryl methyl sites for hydroxylation is 1. The first-order valence-corrected chi connectivity index (χ1v) is 10.0. The lowest BCUT2D eigenvalue weighted by atomic mass is 10.0. The first-order chi connectivity index (χ1) is 14.1. The third-order valence-electron chi connectivity index (χ3n) is 5.18. The van der Waals surface area contributed by atoms with Crippen molar-refractivity contribution in [2.75, 3.05) is 26.8 Å². The van der Waals surface area contributed by atoms with Gasteiger partial charge in [-0.25, -0.2) is 0 Å². The molecule has 3 rings (SSSR count). The number of carbonyl (C=O) groups excluding carboxylic acids is 2. The van der Waals surface area contributed by atoms with Gasteiger partial charge in [-0.05, 0) is 49.1 Å². The summed E-state index contributed by atoms with van der Waals surface area (Å²) in [5.41, 5.74) is 1.71. The fraction of sp³-hybridized carbons (Fsp3) is 0.391. The Hall–Kier alpha value is -3.02. The topological polar surface area (TPSA) is 67.9 Å². The molecule has 1 fully saturated rings. The minimum absolute atomic E-state index is 0.0000316. The lowest BCUT2D eigenvalue weighted by molar-refractivity contribution is -0.124. The quantitative estimate of drug-likeness (QED) is 0.781. The van der Waals surface area contributed by atoms with E-state index in [0.717, 1.165) is 30.6 Å². The van der Waals surface area contributed by atoms with Crippen molar-refractivity contribution < 1.29 is 19.1 Å². The van der Waals surface area contributed by atoms with Gasteiger partial charge in [-0.3, -0.25) is 9.59 Å². The number of para-hydroxylation sites is 1. The summed E-state index contributed by atoms with van der Waals surface area (Å²) < 4.78 is 10.9. The fourth-order valence-electron chi connectivity index (χ4n) is 3.51. The van der Waals surface area contributed by atoms with E-state index in [-0.39, 0.29) is 24.5 Å². The predicted octanol–water partition coefficient (Wildman–Crippen LogP) is 3.06. The van der Waals surface area contributed by atoms with Crippen LogP contribution < -0.4 is 14.8 Å². The van der Waals surface area contributed by atoms with Crippen LogP contribution in [0.1, 0.15) is 35.7 Å². The molecule has 0 radical (unpaired) electrons. The number of ether oxygens (including phenoxy) is 2. The summed E-state index contributed by atoms with van der Waals surface area (Å²) in [6, 6.07) is 15.0. The molecule has 0 spiro atoms. The average molecular weight is 396 g/mol. The van der Waals surface area contributed by atoms with Crippen LogP contribution in [0.25, 0.3) is 0 Å². The molecular weight excluding hydrogens is 368 g/mol. The zero-order valence-electron chi connectivity index (χ0n) is 17.0. The van der Waals surface area contributed by atoms with Crippen LogP contribution in [-0.2, 0) is 11.2 Å². The average Bonchev–Trinajstić information content (AvgIpc) is 2.78. The summed E-state index contributed by atoms with van der Waals surface area (Å²) in [5.74, 6) is 1.29. The largest absolute Gasteiger partial charge is 0.497 e. The van der Waals surface area contributed by atoms with Crippen molar-refractivity contribution in [2.24, 2.45) is 0 Å². The van der Waals surface area contributed by atoms with E-state index in [9.17, 15) is 9.59 Å². The molecule has 0 saturated carbocycles. The number of hydrogen-bond acceptors (Lipinski definition) is 4. The first-order valence-electron chi connectivity index (χ1n) is 10.0. The van der Waals surface area contributed by atoms with E-state index in [4.69, 9.17) is 9.47 Å². The highest BCUT2D eigenvalue weighted by molar-refractivity contribution is 5.94. The molecule has 154 valence electrons. The van der Waals surface area contributed by atoms with Crippen molar-refractivity contribution in [3.63, 3.8) is 0 Å². The molecule has 1 heterocycles. The molecule has 1 aliphatic heterocycles. The molecule has 0 aliphatic carbocycles. The van der Waals surface area contributed by atoms with Gasteiger partial charge in [-0.2, -0.15) is 0 Å². The van der Waals surface area contributed by atoms with Crippen LogP contribution in [-0.4, -0.2) is 49.6 Å². The Morgan fingerprint density at radius 3 is 2.59 bits per heavy atom. The second-order valence-electron chi connectivity index (χ2n) is 7.12. The summed E-state index contributed by atoms with van der Waals surface area (Å²) in [4.78, 5) is 26.8. The second kappa shape index (κ2) is 9.96. The summed E-state index contributed by atoms with van der Waals surface area (Å²) in [7, 11) is 1.59. The van der Waals surface area contributed by atoms with Crippen LogP contribution in [0.3, 0.4) is 0 Å². The summed E-state index contributed by atoms with van der Waals surface area (Å²) in [5, 5.41) is 3.02. The minimum Gasteiger partial charge on any atom is -0.497 e. The van der Waals surface area contributed by atoms with Crippen LogP contribution in [0.5, 0.6) is 11.5 Å². The van der Waals surface area contributed by atoms with Gasteiger partial charge in [0.2, 0.25) is 0 Å². The monoisotopic (exact) mass is 396 g/mol. The maximum atomic E-state index is 12.7. The van der Waals surface area contributed by atoms with E-state index in [1.807, 2.05) is 41.3 Å². The van der Waals surface area contributed by atoms with Crippen LogP contribution in [0.4, 0.5) is 0 Å². The molecule has 0 aromatic heterocycles. The summed E-state index contributed by atoms with van der Waals surface area (Å²) in [6.07, 6.45) is 2.32. The lowest BCUT2D eigenvalue weighted by Gasteiger charge is -2.32. The summed E-state index contributed by atoms with van der Waals surface area (Å²) >= 11 is 0. The van der Waals surface area contributed by atoms with Gasteiger partial charge in [-0.1, -0.05) is 31.2 Å². The zero-order chi connectivity index (χ0) is 20.6. The Morgan fingerprint density at radius 1 is 1.10 bits per heavy atom. The smallest absolute Gasteiger partial charge is 0.258 e. The van der Waals surface area contributed by atoms with Crippen molar-refractivity contribution in [2.45, 2.75) is 32.2 Å². The molecule has 1 aliphatic rings. The van der Waals surface area contributed by atoms with Crippen molar-refractivity contribution in [1.82, 2.24) is 10.2 Å². The van der Waals surface area contributed by atoms with E-state index in [0.29, 0.717) is 24.4 Å². The molecule has 1 N–H and O–H groups in total. The van der Waals surface area contributed by atoms with Gasteiger partial charge >= 0.3 is 0 Å². The van der Waals surface area contributed by atoms with Gasteiger partial charge < -0.3 is 19.7 Å². The van der Waals surface area contributed by atoms with Gasteiger partial charge in [0, 0.05) is 24.7 Å². The maximum Gasteiger partial charge on any atom is 0.258 e. The predicted molar refractivity (Wildman–Crippen MR) is 111 cm³/mol. The van der Waals surface area contributed by atoms with Gasteiger partial charge in [0.1, 0.15) is 11.5 Å². The molecule has 2 aromatic rings. The van der Waals surface area contributed by atoms with E-state index in [2.05, 4.69) is 12.2 Å². The lowest BCUT2D eigenvalue weighted by Crippen LogP contribution is -2.47. The van der Waals surface area contributed by atoms with E-state index >= 15 is 0 Å². The number of carbonyl (C=O) groups is 2. The Morgan fingerprint density at radius 2 is 1.86 bits per heavy atom. The van der Waals surface area contributed by atoms with Gasteiger partial charge in [0.25, 0.3) is 11.8 Å². The summed E-state index contributed by atoms with van der Waals surface area (Å²) in [6.45, 7) is 3.28. The molecule has 2 amide bonds. The van der Waals surface area contributed by atoms with Crippen LogP contribution in [0.2, 0.25) is 0 Å². The number of rotatable bonds is 7. The van der Waals surface area contributed by atoms with Crippen molar-refractivity contribution in [3.05, 3.63) is 59.7 Å². The molecule has 0 atom stereocenters. The number of piperidine rings is 1. The van der Waals surface area contributed by atoms with Gasteiger partial charge in [-0.15, -0.1) is 0 Å². The first kappa shape index (κ1) is 20.7. The number of benzene rings is 2. The molecule has 0 unspecified atom stereocenters. The molecule has 1 saturated heterocycles. The molecule has 29 heavy (non-hydrogen) atoms. The molecular formula is C23H28N2O4. The molecule has 0 bridgehead atoms. The molecule has 6 heteroatoms. The number of amides is 2. The highest BCUT2D eigenvalue weighted by Gasteiger charge is 2.25. The Kier molecular flexibility index (Phi) is 7.11. The normalized spacial score (nSPS) is 14.3. The second-order valence-corrected chi connectivity index (χ2v) is 7.12. The number of hydrogen-bond donors (Lipinski definition) is 1. The van der Waals surface area contributed by atoms with Gasteiger partial charge in [0.15, 0.2) is 6.61 Å². The molecule has 6 nitrogen and oxygen atoms in total. The van der Waals surface area contributed by atoms with Crippen molar-refractivity contribution in [3.8, 4) is 11.5 Å². The fourth-order valence-corrected chi connectivity index (χ4v) is 3.51. The minimum atomic E-state index is -0.131. The van der Waals surface area contributed by atoms with E-state index in [1.54, 1.807) is 19.2 Å². The van der Waals surface area contributed by atoms with E-state index in [1.165, 1.54) is 0 Å². The number of nitrogens with zero attached hydrogens (tertiary/aromatic N) is 1.